The Bertz CT molecular complexity index is 1140. The van der Waals surface area contributed by atoms with Crippen molar-refractivity contribution in [3.63, 3.8) is 0 Å². The summed E-state index contributed by atoms with van der Waals surface area (Å²) < 4.78 is 78.7. The molecule has 196 valence electrons. The average Bonchev–Trinajstić information content (AvgIpc) is 3.07. The maximum atomic E-state index is 14.0. The Balaban J connectivity index is 1.25. The molecule has 2 aliphatic heterocycles. The predicted octanol–water partition coefficient (Wildman–Crippen LogP) is 4.95. The Morgan fingerprint density at radius 1 is 1.00 bits per heavy atom. The van der Waals surface area contributed by atoms with Gasteiger partial charge in [0.2, 0.25) is 0 Å². The standard InChI is InChI=1S/C24H23F4IO7/c1-12(30)14-2-3-17-18(6-14)29(35-19(17)31)36-20(32)21-7-13-4-15(8-21)24(16(5-13)9-21)33-10-22(25,26)23(27,28)11-34-24/h2-3,6,13,15-16H,4-5,7-11H2,1H3. The van der Waals surface area contributed by atoms with Gasteiger partial charge in [-0.05, 0) is 0 Å². The van der Waals surface area contributed by atoms with Crippen molar-refractivity contribution in [2.75, 3.05) is 13.2 Å². The maximum absolute atomic E-state index is 14.0. The molecule has 4 bridgehead atoms. The van der Waals surface area contributed by atoms with Crippen LogP contribution in [0.2, 0.25) is 0 Å². The van der Waals surface area contributed by atoms with Crippen LogP contribution in [0, 0.1) is 26.7 Å². The van der Waals surface area contributed by atoms with Crippen molar-refractivity contribution in [2.24, 2.45) is 23.2 Å². The summed E-state index contributed by atoms with van der Waals surface area (Å²) in [6, 6.07) is 4.53. The van der Waals surface area contributed by atoms with Crippen LogP contribution in [-0.2, 0) is 20.4 Å². The number of halogens is 5. The molecule has 36 heavy (non-hydrogen) atoms. The zero-order valence-electron chi connectivity index (χ0n) is 19.2. The minimum atomic E-state index is -4.35. The van der Waals surface area contributed by atoms with E-state index in [1.165, 1.54) is 25.1 Å². The molecule has 0 N–H and O–H groups in total. The van der Waals surface area contributed by atoms with Gasteiger partial charge in [-0.25, -0.2) is 0 Å². The van der Waals surface area contributed by atoms with Crippen molar-refractivity contribution in [3.8, 4) is 0 Å². The Morgan fingerprint density at radius 3 is 2.19 bits per heavy atom. The van der Waals surface area contributed by atoms with Gasteiger partial charge in [0.1, 0.15) is 0 Å². The van der Waals surface area contributed by atoms with Crippen molar-refractivity contribution in [3.05, 3.63) is 32.9 Å². The summed E-state index contributed by atoms with van der Waals surface area (Å²) in [6.45, 7) is -1.51. The van der Waals surface area contributed by atoms with Crippen molar-refractivity contribution in [1.29, 1.82) is 0 Å². The molecule has 6 aliphatic rings. The fourth-order valence-electron chi connectivity index (χ4n) is 6.68. The van der Waals surface area contributed by atoms with Gasteiger partial charge in [-0.15, -0.1) is 0 Å². The Morgan fingerprint density at radius 2 is 1.61 bits per heavy atom. The van der Waals surface area contributed by atoms with E-state index < -0.39 is 80.7 Å². The first kappa shape index (κ1) is 24.5. The quantitative estimate of drug-likeness (QED) is 0.267. The second-order valence-electron chi connectivity index (χ2n) is 10.5. The summed E-state index contributed by atoms with van der Waals surface area (Å²) in [5.74, 6) is -12.6. The molecule has 0 radical (unpaired) electrons. The van der Waals surface area contributed by atoms with Crippen molar-refractivity contribution < 1.29 is 47.6 Å². The van der Waals surface area contributed by atoms with Crippen molar-refractivity contribution in [1.82, 2.24) is 0 Å². The molecule has 4 saturated carbocycles. The third kappa shape index (κ3) is 3.46. The van der Waals surface area contributed by atoms with E-state index >= 15 is 0 Å². The first-order valence-corrected chi connectivity index (χ1v) is 14.5. The van der Waals surface area contributed by atoms with E-state index in [4.69, 9.17) is 15.6 Å². The van der Waals surface area contributed by atoms with E-state index in [2.05, 4.69) is 0 Å². The van der Waals surface area contributed by atoms with Crippen LogP contribution in [-0.4, -0.2) is 48.6 Å². The molecular formula is C24H23F4IO7. The zero-order valence-corrected chi connectivity index (χ0v) is 21.3. The molecule has 12 heteroatoms. The third-order valence-corrected chi connectivity index (χ3v) is 11.7. The third-order valence-electron chi connectivity index (χ3n) is 8.30. The van der Waals surface area contributed by atoms with E-state index in [9.17, 15) is 31.9 Å². The number of Topliss-reactive ketones (excluding diaryl/α,β-unsaturated/α-hetero) is 1. The number of ketones is 1. The van der Waals surface area contributed by atoms with Crippen LogP contribution in [0.25, 0.3) is 0 Å². The van der Waals surface area contributed by atoms with Crippen molar-refractivity contribution >= 4 is 38.4 Å². The predicted molar refractivity (Wildman–Crippen MR) is 121 cm³/mol. The number of carbonyl (C=O) groups excluding carboxylic acids is 3. The molecule has 0 amide bonds. The fraction of sp³-hybridized carbons (Fsp3) is 0.625. The number of alkyl halides is 4. The molecule has 1 aromatic rings. The average molecular weight is 626 g/mol. The summed E-state index contributed by atoms with van der Waals surface area (Å²) in [6.07, 6.45) is 1.93. The van der Waals surface area contributed by atoms with Gasteiger partial charge in [0.05, 0.1) is 0 Å². The molecule has 4 aliphatic carbocycles. The SMILES string of the molecule is CC(=O)c1ccc2c(c1)I(OC(=O)C13CC4CC(C1)C1(OCC(F)(F)C(F)(F)CO1)C(C4)C3)OC2=O. The summed E-state index contributed by atoms with van der Waals surface area (Å²) in [5, 5.41) is 0. The number of rotatable bonds is 3. The fourth-order valence-corrected chi connectivity index (χ4v) is 10.1. The van der Waals surface area contributed by atoms with Crippen LogP contribution in [0.3, 0.4) is 0 Å². The van der Waals surface area contributed by atoms with Gasteiger partial charge in [-0.2, -0.15) is 0 Å². The first-order valence-electron chi connectivity index (χ1n) is 11.7. The van der Waals surface area contributed by atoms with Gasteiger partial charge >= 0.3 is 212 Å². The molecule has 2 unspecified atom stereocenters. The van der Waals surface area contributed by atoms with Crippen LogP contribution in [0.4, 0.5) is 17.6 Å². The number of hydrogen-bond donors (Lipinski definition) is 0. The number of benzene rings is 1. The normalized spacial score (nSPS) is 35.8. The summed E-state index contributed by atoms with van der Waals surface area (Å²) >= 11 is -3.21. The molecule has 1 aromatic carbocycles. The van der Waals surface area contributed by atoms with Crippen LogP contribution in [0.15, 0.2) is 18.2 Å². The van der Waals surface area contributed by atoms with Crippen LogP contribution >= 0.6 is 20.6 Å². The Labute approximate surface area is 211 Å². The molecule has 1 spiro atoms. The van der Waals surface area contributed by atoms with E-state index in [-0.39, 0.29) is 30.1 Å². The van der Waals surface area contributed by atoms with Crippen molar-refractivity contribution in [2.45, 2.75) is 56.7 Å². The topological polar surface area (TPSA) is 88.1 Å². The monoisotopic (exact) mass is 626 g/mol. The number of carbonyl (C=O) groups is 3. The number of fused-ring (bicyclic) bond motifs is 1. The second-order valence-corrected chi connectivity index (χ2v) is 13.8. The summed E-state index contributed by atoms with van der Waals surface area (Å²) in [4.78, 5) is 37.7. The van der Waals surface area contributed by atoms with Gasteiger partial charge in [0.15, 0.2) is 0 Å². The molecule has 2 heterocycles. The van der Waals surface area contributed by atoms with Gasteiger partial charge in [0, 0.05) is 0 Å². The Kier molecular flexibility index (Phi) is 5.35. The molecule has 2 atom stereocenters. The number of ether oxygens (including phenoxy) is 2. The molecule has 5 fully saturated rings. The molecule has 7 rings (SSSR count). The van der Waals surface area contributed by atoms with Crippen LogP contribution in [0.5, 0.6) is 0 Å². The Hall–Kier alpha value is -1.80. The summed E-state index contributed by atoms with van der Waals surface area (Å²) in [5.41, 5.74) is -0.320. The van der Waals surface area contributed by atoms with E-state index in [1.807, 2.05) is 0 Å². The second kappa shape index (κ2) is 7.85. The van der Waals surface area contributed by atoms with Gasteiger partial charge < -0.3 is 0 Å². The minimum absolute atomic E-state index is 0.0729. The number of hydrogen-bond acceptors (Lipinski definition) is 7. The molecule has 0 aromatic heterocycles. The van der Waals surface area contributed by atoms with Gasteiger partial charge in [-0.1, -0.05) is 0 Å². The molecule has 1 saturated heterocycles. The first-order chi connectivity index (χ1) is 16.9. The van der Waals surface area contributed by atoms with Gasteiger partial charge in [-0.3, -0.25) is 0 Å². The molecule has 7 nitrogen and oxygen atoms in total. The van der Waals surface area contributed by atoms with Crippen LogP contribution < -0.4 is 0 Å². The van der Waals surface area contributed by atoms with E-state index in [0.29, 0.717) is 28.4 Å². The van der Waals surface area contributed by atoms with Gasteiger partial charge in [0.25, 0.3) is 0 Å². The van der Waals surface area contributed by atoms with Crippen LogP contribution in [0.1, 0.15) is 59.7 Å². The van der Waals surface area contributed by atoms with E-state index in [1.54, 1.807) is 0 Å². The summed E-state index contributed by atoms with van der Waals surface area (Å²) in [7, 11) is 0. The van der Waals surface area contributed by atoms with E-state index in [0.717, 1.165) is 0 Å². The molecular weight excluding hydrogens is 603 g/mol. The zero-order chi connectivity index (χ0) is 25.7.